The summed E-state index contributed by atoms with van der Waals surface area (Å²) in [6, 6.07) is 2.67. The fourth-order valence-corrected chi connectivity index (χ4v) is 6.93. The molecule has 0 aromatic carbocycles. The van der Waals surface area contributed by atoms with Gasteiger partial charge in [-0.25, -0.2) is 0 Å². The second kappa shape index (κ2) is 15.4. The van der Waals surface area contributed by atoms with Crippen LogP contribution in [-0.4, -0.2) is 31.7 Å². The van der Waals surface area contributed by atoms with Crippen LogP contribution < -0.4 is 0 Å². The van der Waals surface area contributed by atoms with Crippen LogP contribution in [-0.2, 0) is 8.85 Å². The lowest BCUT2D eigenvalue weighted by Gasteiger charge is -2.23. The van der Waals surface area contributed by atoms with Gasteiger partial charge in [-0.1, -0.05) is 61.8 Å². The van der Waals surface area contributed by atoms with Crippen LogP contribution in [0.25, 0.3) is 0 Å². The van der Waals surface area contributed by atoms with E-state index in [1.165, 1.54) is 44.2 Å². The minimum Gasteiger partial charge on any atom is -0.421 e. The van der Waals surface area contributed by atoms with Gasteiger partial charge in [0.15, 0.2) is 19.5 Å². The van der Waals surface area contributed by atoms with Gasteiger partial charge in [0.2, 0.25) is 0 Å². The molecular weight excluding hydrogens is 340 g/mol. The van der Waals surface area contributed by atoms with Crippen LogP contribution in [0.3, 0.4) is 0 Å². The maximum absolute atomic E-state index is 6.30. The Morgan fingerprint density at radius 3 is 1.20 bits per heavy atom. The van der Waals surface area contributed by atoms with Crippen LogP contribution in [0.5, 0.6) is 0 Å². The van der Waals surface area contributed by atoms with E-state index in [2.05, 4.69) is 55.4 Å². The fourth-order valence-electron chi connectivity index (χ4n) is 3.06. The highest BCUT2D eigenvalue weighted by molar-refractivity contribution is 6.29. The van der Waals surface area contributed by atoms with Crippen LogP contribution in [0.2, 0.25) is 12.1 Å². The first-order chi connectivity index (χ1) is 11.7. The minimum absolute atomic E-state index is 0.341. The van der Waals surface area contributed by atoms with E-state index in [9.17, 15) is 0 Å². The molecule has 0 rings (SSSR count). The van der Waals surface area contributed by atoms with Gasteiger partial charge in [-0.15, -0.1) is 0 Å². The monoisotopic (exact) mass is 388 g/mol. The smallest absolute Gasteiger partial charge is 0.161 e. The quantitative estimate of drug-likeness (QED) is 0.262. The van der Waals surface area contributed by atoms with Gasteiger partial charge in [0.1, 0.15) is 0 Å². The summed E-state index contributed by atoms with van der Waals surface area (Å²) in [5, 5.41) is 0. The van der Waals surface area contributed by atoms with E-state index >= 15 is 0 Å². The molecule has 0 aromatic heterocycles. The van der Waals surface area contributed by atoms with Crippen molar-refractivity contribution in [1.29, 1.82) is 0 Å². The second-order valence-corrected chi connectivity index (χ2v) is 12.2. The minimum atomic E-state index is -0.341. The summed E-state index contributed by atoms with van der Waals surface area (Å²) < 4.78 is 12.6. The summed E-state index contributed by atoms with van der Waals surface area (Å²) in [6.07, 6.45) is 7.42. The Morgan fingerprint density at radius 1 is 0.560 bits per heavy atom. The topological polar surface area (TPSA) is 18.5 Å². The van der Waals surface area contributed by atoms with Crippen LogP contribution >= 0.6 is 0 Å². The van der Waals surface area contributed by atoms with Gasteiger partial charge < -0.3 is 8.85 Å². The third-order valence-electron chi connectivity index (χ3n) is 5.00. The second-order valence-electron chi connectivity index (χ2n) is 9.31. The van der Waals surface area contributed by atoms with E-state index in [1.54, 1.807) is 0 Å². The molecule has 2 unspecified atom stereocenters. The Balaban J connectivity index is 3.78. The molecule has 0 saturated carbocycles. The van der Waals surface area contributed by atoms with Gasteiger partial charge in [-0.05, 0) is 61.4 Å². The molecule has 0 radical (unpaired) electrons. The number of hydrogen-bond donors (Lipinski definition) is 0. The van der Waals surface area contributed by atoms with E-state index in [0.717, 1.165) is 11.8 Å². The van der Waals surface area contributed by atoms with Crippen LogP contribution in [0.4, 0.5) is 0 Å². The molecule has 4 heteroatoms. The van der Waals surface area contributed by atoms with Crippen molar-refractivity contribution in [2.45, 2.75) is 112 Å². The normalized spacial score (nSPS) is 15.8. The Morgan fingerprint density at radius 2 is 0.920 bits per heavy atom. The highest BCUT2D eigenvalue weighted by Gasteiger charge is 2.15. The Hall–Kier alpha value is 0.354. The van der Waals surface area contributed by atoms with Crippen LogP contribution in [0.15, 0.2) is 0 Å². The third kappa shape index (κ3) is 15.1. The average Bonchev–Trinajstić information content (AvgIpc) is 2.50. The third-order valence-corrected chi connectivity index (χ3v) is 7.90. The fraction of sp³-hybridized carbons (Fsp3) is 1.00. The summed E-state index contributed by atoms with van der Waals surface area (Å²) in [4.78, 5) is 0. The molecule has 0 spiro atoms. The molecule has 0 heterocycles. The van der Waals surface area contributed by atoms with Gasteiger partial charge >= 0.3 is 0 Å². The molecule has 0 fully saturated rings. The highest BCUT2D eigenvalue weighted by atomic mass is 28.2. The van der Waals surface area contributed by atoms with Gasteiger partial charge in [0, 0.05) is 12.2 Å². The van der Waals surface area contributed by atoms with Crippen LogP contribution in [0, 0.1) is 23.7 Å². The Labute approximate surface area is 164 Å². The molecule has 0 saturated heterocycles. The van der Waals surface area contributed by atoms with Gasteiger partial charge in [-0.3, -0.25) is 0 Å². The molecular formula is C21H48O2Si2. The lowest BCUT2D eigenvalue weighted by atomic mass is 9.98. The zero-order valence-electron chi connectivity index (χ0n) is 18.6. The highest BCUT2D eigenvalue weighted by Crippen LogP contribution is 2.18. The van der Waals surface area contributed by atoms with Crippen molar-refractivity contribution < 1.29 is 8.85 Å². The molecule has 0 N–H and O–H groups in total. The van der Waals surface area contributed by atoms with E-state index < -0.39 is 0 Å². The SMILES string of the molecule is CC(C)CCC(O[SiH2]CCC[SiH2]OC(CCC(C)C)C(C)C)C(C)C. The zero-order chi connectivity index (χ0) is 19.2. The molecule has 0 aliphatic rings. The average molecular weight is 389 g/mol. The number of hydrogen-bond acceptors (Lipinski definition) is 2. The van der Waals surface area contributed by atoms with E-state index in [1.807, 2.05) is 0 Å². The first-order valence-electron chi connectivity index (χ1n) is 11.0. The summed E-state index contributed by atoms with van der Waals surface area (Å²) in [5.74, 6) is 2.91. The first-order valence-corrected chi connectivity index (χ1v) is 14.1. The van der Waals surface area contributed by atoms with Crippen molar-refractivity contribution in [3.05, 3.63) is 0 Å². The largest absolute Gasteiger partial charge is 0.421 e. The van der Waals surface area contributed by atoms with Crippen molar-refractivity contribution in [3.63, 3.8) is 0 Å². The molecule has 25 heavy (non-hydrogen) atoms. The molecule has 0 aromatic rings. The predicted molar refractivity (Wildman–Crippen MR) is 119 cm³/mol. The van der Waals surface area contributed by atoms with Crippen molar-refractivity contribution in [2.24, 2.45) is 23.7 Å². The van der Waals surface area contributed by atoms with Gasteiger partial charge in [0.05, 0.1) is 0 Å². The van der Waals surface area contributed by atoms with Crippen molar-refractivity contribution >= 4 is 19.5 Å². The molecule has 2 atom stereocenters. The van der Waals surface area contributed by atoms with Gasteiger partial charge in [-0.2, -0.15) is 0 Å². The zero-order valence-corrected chi connectivity index (χ0v) is 21.5. The summed E-state index contributed by atoms with van der Waals surface area (Å²) in [5.41, 5.74) is 0. The maximum atomic E-state index is 6.30. The van der Waals surface area contributed by atoms with Crippen molar-refractivity contribution in [2.75, 3.05) is 0 Å². The van der Waals surface area contributed by atoms with Crippen LogP contribution in [0.1, 0.15) is 87.5 Å². The van der Waals surface area contributed by atoms with Crippen molar-refractivity contribution in [3.8, 4) is 0 Å². The first kappa shape index (κ1) is 25.4. The maximum Gasteiger partial charge on any atom is 0.161 e. The molecule has 0 aliphatic carbocycles. The van der Waals surface area contributed by atoms with Crippen molar-refractivity contribution in [1.82, 2.24) is 0 Å². The Bertz CT molecular complexity index is 266. The summed E-state index contributed by atoms with van der Waals surface area (Å²) in [7, 11) is -0.681. The van der Waals surface area contributed by atoms with E-state index in [-0.39, 0.29) is 19.5 Å². The molecule has 2 nitrogen and oxygen atoms in total. The molecule has 152 valence electrons. The molecule has 0 amide bonds. The summed E-state index contributed by atoms with van der Waals surface area (Å²) >= 11 is 0. The Kier molecular flexibility index (Phi) is 15.6. The lowest BCUT2D eigenvalue weighted by molar-refractivity contribution is 0.139. The predicted octanol–water partition coefficient (Wildman–Crippen LogP) is 5.34. The lowest BCUT2D eigenvalue weighted by Crippen LogP contribution is -2.23. The molecule has 0 aliphatic heterocycles. The van der Waals surface area contributed by atoms with Gasteiger partial charge in [0.25, 0.3) is 0 Å². The van der Waals surface area contributed by atoms with E-state index in [0.29, 0.717) is 24.0 Å². The summed E-state index contributed by atoms with van der Waals surface area (Å²) in [6.45, 7) is 18.5. The standard InChI is InChI=1S/C21H48O2Si2/c1-16(2)10-12-20(18(5)6)22-24-14-9-15-25-23-21(19(7)8)13-11-17(3)4/h16-21H,9-15,24-25H2,1-8H3. The number of rotatable bonds is 16. The van der Waals surface area contributed by atoms with E-state index in [4.69, 9.17) is 8.85 Å². The molecule has 0 bridgehead atoms.